The molecule has 0 bridgehead atoms. The highest BCUT2D eigenvalue weighted by molar-refractivity contribution is 4.85. The van der Waals surface area contributed by atoms with E-state index in [1.807, 2.05) is 0 Å². The minimum Gasteiger partial charge on any atom is -0.392 e. The molecule has 42 valence electrons. The smallest absolute Gasteiger partial charge is 0.0693 e. The molecule has 0 aromatic rings. The highest BCUT2D eigenvalue weighted by Gasteiger charge is 1.80. The van der Waals surface area contributed by atoms with Crippen LogP contribution in [0.3, 0.4) is 0 Å². The quantitative estimate of drug-likeness (QED) is 0.478. The van der Waals surface area contributed by atoms with Crippen LogP contribution in [-0.2, 0) is 0 Å². The molecule has 0 unspecified atom stereocenters. The van der Waals surface area contributed by atoms with Crippen LogP contribution < -0.4 is 0 Å². The molecular formula is C5H10O2. The van der Waals surface area contributed by atoms with E-state index in [9.17, 15) is 0 Å². The number of aliphatic hydroxyl groups is 2. The van der Waals surface area contributed by atoms with Gasteiger partial charge < -0.3 is 10.2 Å². The fourth-order valence-corrected chi connectivity index (χ4v) is 0.258. The number of rotatable bonds is 2. The van der Waals surface area contributed by atoms with Crippen LogP contribution in [0.5, 0.6) is 0 Å². The summed E-state index contributed by atoms with van der Waals surface area (Å²) in [5, 5.41) is 16.6. The first-order chi connectivity index (χ1) is 3.27. The highest BCUT2D eigenvalue weighted by Crippen LogP contribution is 1.79. The normalized spacial score (nSPS) is 15.3. The maximum atomic E-state index is 8.49. The summed E-state index contributed by atoms with van der Waals surface area (Å²) in [6, 6.07) is 0. The van der Waals surface area contributed by atoms with E-state index >= 15 is 0 Å². The van der Waals surface area contributed by atoms with Crippen molar-refractivity contribution in [3.8, 4) is 0 Å². The van der Waals surface area contributed by atoms with Gasteiger partial charge in [-0.15, -0.1) is 0 Å². The zero-order chi connectivity index (χ0) is 5.70. The van der Waals surface area contributed by atoms with Crippen molar-refractivity contribution in [3.05, 3.63) is 12.2 Å². The van der Waals surface area contributed by atoms with Gasteiger partial charge in [0.15, 0.2) is 0 Å². The van der Waals surface area contributed by atoms with Gasteiger partial charge in [0, 0.05) is 0 Å². The number of hydrogen-bond acceptors (Lipinski definition) is 2. The average Bonchev–Trinajstić information content (AvgIpc) is 1.61. The van der Waals surface area contributed by atoms with Crippen molar-refractivity contribution in [1.29, 1.82) is 0 Å². The number of aliphatic hydroxyl groups excluding tert-OH is 2. The summed E-state index contributed by atoms with van der Waals surface area (Å²) in [7, 11) is 0. The van der Waals surface area contributed by atoms with E-state index in [0.717, 1.165) is 0 Å². The average molecular weight is 102 g/mol. The van der Waals surface area contributed by atoms with Crippen LogP contribution in [0.25, 0.3) is 0 Å². The van der Waals surface area contributed by atoms with Gasteiger partial charge in [0.25, 0.3) is 0 Å². The van der Waals surface area contributed by atoms with Gasteiger partial charge in [-0.25, -0.2) is 0 Å². The van der Waals surface area contributed by atoms with Crippen molar-refractivity contribution < 1.29 is 10.2 Å². The third-order valence-corrected chi connectivity index (χ3v) is 0.520. The first kappa shape index (κ1) is 6.66. The van der Waals surface area contributed by atoms with E-state index in [-0.39, 0.29) is 6.61 Å². The van der Waals surface area contributed by atoms with Crippen LogP contribution in [0, 0.1) is 0 Å². The Bertz CT molecular complexity index is 57.1. The molecular weight excluding hydrogens is 92.1 g/mol. The topological polar surface area (TPSA) is 40.5 Å². The molecule has 0 heterocycles. The maximum absolute atomic E-state index is 8.49. The van der Waals surface area contributed by atoms with Crippen LogP contribution in [0.15, 0.2) is 12.2 Å². The summed E-state index contributed by atoms with van der Waals surface area (Å²) in [4.78, 5) is 0. The lowest BCUT2D eigenvalue weighted by molar-refractivity contribution is 0.242. The van der Waals surface area contributed by atoms with E-state index in [2.05, 4.69) is 0 Å². The number of hydrogen-bond donors (Lipinski definition) is 2. The van der Waals surface area contributed by atoms with E-state index in [4.69, 9.17) is 10.2 Å². The Morgan fingerprint density at radius 3 is 2.43 bits per heavy atom. The molecule has 0 aliphatic carbocycles. The van der Waals surface area contributed by atoms with Crippen LogP contribution in [0.4, 0.5) is 0 Å². The van der Waals surface area contributed by atoms with Gasteiger partial charge >= 0.3 is 0 Å². The monoisotopic (exact) mass is 102 g/mol. The van der Waals surface area contributed by atoms with Crippen molar-refractivity contribution in [2.75, 3.05) is 6.61 Å². The van der Waals surface area contributed by atoms with Crippen LogP contribution in [-0.4, -0.2) is 22.9 Å². The first-order valence-corrected chi connectivity index (χ1v) is 2.23. The second-order valence-corrected chi connectivity index (χ2v) is 1.35. The fourth-order valence-electron chi connectivity index (χ4n) is 0.258. The SMILES string of the molecule is C[C@@H](O)/C=C\CO. The molecule has 0 aliphatic heterocycles. The van der Waals surface area contributed by atoms with Gasteiger partial charge in [0.1, 0.15) is 0 Å². The third-order valence-electron chi connectivity index (χ3n) is 0.520. The maximum Gasteiger partial charge on any atom is 0.0693 e. The van der Waals surface area contributed by atoms with Gasteiger partial charge in [-0.1, -0.05) is 12.2 Å². The molecule has 0 saturated carbocycles. The van der Waals surface area contributed by atoms with Gasteiger partial charge in [-0.2, -0.15) is 0 Å². The van der Waals surface area contributed by atoms with Gasteiger partial charge in [-0.05, 0) is 6.92 Å². The Labute approximate surface area is 43.1 Å². The molecule has 0 aliphatic rings. The Morgan fingerprint density at radius 2 is 2.29 bits per heavy atom. The van der Waals surface area contributed by atoms with Crippen molar-refractivity contribution in [2.24, 2.45) is 0 Å². The third kappa shape index (κ3) is 5.66. The minimum absolute atomic E-state index is 0.00486. The Kier molecular flexibility index (Phi) is 3.65. The molecule has 2 N–H and O–H groups in total. The predicted octanol–water partition coefficient (Wildman–Crippen LogP) is -0.0843. The van der Waals surface area contributed by atoms with E-state index in [1.54, 1.807) is 6.92 Å². The van der Waals surface area contributed by atoms with Crippen molar-refractivity contribution in [2.45, 2.75) is 13.0 Å². The van der Waals surface area contributed by atoms with Crippen molar-refractivity contribution >= 4 is 0 Å². The second-order valence-electron chi connectivity index (χ2n) is 1.35. The van der Waals surface area contributed by atoms with E-state index in [0.29, 0.717) is 0 Å². The summed E-state index contributed by atoms with van der Waals surface area (Å²) in [6.45, 7) is 1.64. The molecule has 0 rings (SSSR count). The summed E-state index contributed by atoms with van der Waals surface area (Å²) >= 11 is 0. The Balaban J connectivity index is 3.08. The summed E-state index contributed by atoms with van der Waals surface area (Å²) < 4.78 is 0. The van der Waals surface area contributed by atoms with Crippen molar-refractivity contribution in [1.82, 2.24) is 0 Å². The molecule has 1 atom stereocenters. The minimum atomic E-state index is -0.438. The first-order valence-electron chi connectivity index (χ1n) is 2.23. The van der Waals surface area contributed by atoms with Gasteiger partial charge in [0.05, 0.1) is 12.7 Å². The highest BCUT2D eigenvalue weighted by atomic mass is 16.3. The lowest BCUT2D eigenvalue weighted by Gasteiger charge is -1.88. The van der Waals surface area contributed by atoms with Crippen LogP contribution in [0.1, 0.15) is 6.92 Å². The lowest BCUT2D eigenvalue weighted by atomic mass is 10.4. The summed E-state index contributed by atoms with van der Waals surface area (Å²) in [6.07, 6.45) is 2.59. The van der Waals surface area contributed by atoms with Crippen LogP contribution >= 0.6 is 0 Å². The lowest BCUT2D eigenvalue weighted by Crippen LogP contribution is -1.91. The van der Waals surface area contributed by atoms with E-state index in [1.165, 1.54) is 12.2 Å². The zero-order valence-corrected chi connectivity index (χ0v) is 4.33. The molecule has 7 heavy (non-hydrogen) atoms. The molecule has 0 aromatic carbocycles. The Morgan fingerprint density at radius 1 is 1.71 bits per heavy atom. The molecule has 2 heteroatoms. The molecule has 0 radical (unpaired) electrons. The Hall–Kier alpha value is -0.340. The summed E-state index contributed by atoms with van der Waals surface area (Å²) in [5.41, 5.74) is 0. The fraction of sp³-hybridized carbons (Fsp3) is 0.600. The molecule has 0 spiro atoms. The molecule has 2 nitrogen and oxygen atoms in total. The van der Waals surface area contributed by atoms with Gasteiger partial charge in [0.2, 0.25) is 0 Å². The van der Waals surface area contributed by atoms with E-state index < -0.39 is 6.10 Å². The molecule has 0 fully saturated rings. The largest absolute Gasteiger partial charge is 0.392 e. The standard InChI is InChI=1S/C5H10O2/c1-5(7)3-2-4-6/h2-3,5-7H,4H2,1H3/b3-2-/t5-/m1/s1. The molecule has 0 saturated heterocycles. The predicted molar refractivity (Wildman–Crippen MR) is 27.9 cm³/mol. The van der Waals surface area contributed by atoms with Gasteiger partial charge in [-0.3, -0.25) is 0 Å². The second kappa shape index (κ2) is 3.84. The molecule has 0 aromatic heterocycles. The molecule has 0 amide bonds. The van der Waals surface area contributed by atoms with Crippen molar-refractivity contribution in [3.63, 3.8) is 0 Å². The summed E-state index contributed by atoms with van der Waals surface area (Å²) in [5.74, 6) is 0. The van der Waals surface area contributed by atoms with Crippen LogP contribution in [0.2, 0.25) is 0 Å². The zero-order valence-electron chi connectivity index (χ0n) is 4.33.